The van der Waals surface area contributed by atoms with E-state index in [4.69, 9.17) is 5.73 Å². The fraction of sp³-hybridized carbons (Fsp3) is 0.167. The van der Waals surface area contributed by atoms with Crippen molar-refractivity contribution in [2.24, 2.45) is 0 Å². The first-order valence-corrected chi connectivity index (χ1v) is 5.14. The van der Waals surface area contributed by atoms with Gasteiger partial charge < -0.3 is 11.1 Å². The lowest BCUT2D eigenvalue weighted by Gasteiger charge is -2.16. The van der Waals surface area contributed by atoms with Crippen molar-refractivity contribution in [3.05, 3.63) is 48.4 Å². The van der Waals surface area contributed by atoms with Gasteiger partial charge in [-0.3, -0.25) is 0 Å². The molecule has 0 saturated carbocycles. The lowest BCUT2D eigenvalue weighted by Crippen LogP contribution is -2.09. The second-order valence-corrected chi connectivity index (χ2v) is 3.59. The number of nitrogens with two attached hydrogens (primary N) is 1. The van der Waals surface area contributed by atoms with Gasteiger partial charge >= 0.3 is 0 Å². The molecule has 0 spiro atoms. The molecule has 0 bridgehead atoms. The number of anilines is 2. The standard InChI is InChI=1S/C12H14N4/c1-9(10-4-2-3-5-11(10)13)16-12-6-7-14-8-15-12/h2-9H,13H2,1H3,(H,14,15,16). The molecule has 3 N–H and O–H groups in total. The summed E-state index contributed by atoms with van der Waals surface area (Å²) in [5.74, 6) is 0.797. The zero-order chi connectivity index (χ0) is 11.4. The molecule has 1 unspecified atom stereocenters. The van der Waals surface area contributed by atoms with E-state index in [1.165, 1.54) is 6.33 Å². The van der Waals surface area contributed by atoms with Crippen molar-refractivity contribution >= 4 is 11.5 Å². The molecule has 2 rings (SSSR count). The number of hydrogen-bond donors (Lipinski definition) is 2. The summed E-state index contributed by atoms with van der Waals surface area (Å²) in [6.45, 7) is 2.05. The Kier molecular flexibility index (Phi) is 3.00. The highest BCUT2D eigenvalue weighted by atomic mass is 15.0. The summed E-state index contributed by atoms with van der Waals surface area (Å²) in [7, 11) is 0. The maximum atomic E-state index is 5.90. The maximum absolute atomic E-state index is 5.90. The van der Waals surface area contributed by atoms with Gasteiger partial charge in [-0.05, 0) is 24.6 Å². The van der Waals surface area contributed by atoms with Crippen LogP contribution in [0, 0.1) is 0 Å². The normalized spacial score (nSPS) is 12.1. The van der Waals surface area contributed by atoms with Crippen molar-refractivity contribution in [1.82, 2.24) is 9.97 Å². The minimum atomic E-state index is 0.121. The Hall–Kier alpha value is -2.10. The van der Waals surface area contributed by atoms with Crippen molar-refractivity contribution in [1.29, 1.82) is 0 Å². The fourth-order valence-electron chi connectivity index (χ4n) is 1.58. The summed E-state index contributed by atoms with van der Waals surface area (Å²) >= 11 is 0. The van der Waals surface area contributed by atoms with Gasteiger partial charge in [0.1, 0.15) is 12.1 Å². The topological polar surface area (TPSA) is 63.8 Å². The van der Waals surface area contributed by atoms with Crippen molar-refractivity contribution in [3.63, 3.8) is 0 Å². The Morgan fingerprint density at radius 3 is 2.75 bits per heavy atom. The molecule has 16 heavy (non-hydrogen) atoms. The number of nitrogens with zero attached hydrogens (tertiary/aromatic N) is 2. The molecule has 0 aliphatic rings. The van der Waals surface area contributed by atoms with Gasteiger partial charge in [-0.1, -0.05) is 18.2 Å². The van der Waals surface area contributed by atoms with Crippen LogP contribution >= 0.6 is 0 Å². The minimum absolute atomic E-state index is 0.121. The van der Waals surface area contributed by atoms with Crippen LogP contribution in [0.2, 0.25) is 0 Å². The number of aromatic nitrogens is 2. The molecule has 0 fully saturated rings. The number of benzene rings is 1. The molecule has 82 valence electrons. The smallest absolute Gasteiger partial charge is 0.129 e. The van der Waals surface area contributed by atoms with Gasteiger partial charge in [0.25, 0.3) is 0 Å². The lowest BCUT2D eigenvalue weighted by molar-refractivity contribution is 0.875. The molecule has 4 heteroatoms. The average Bonchev–Trinajstić information content (AvgIpc) is 2.31. The van der Waals surface area contributed by atoms with Crippen LogP contribution in [0.1, 0.15) is 18.5 Å². The first-order valence-electron chi connectivity index (χ1n) is 5.14. The van der Waals surface area contributed by atoms with Crippen LogP contribution in [-0.2, 0) is 0 Å². The van der Waals surface area contributed by atoms with Gasteiger partial charge in [-0.15, -0.1) is 0 Å². The fourth-order valence-corrected chi connectivity index (χ4v) is 1.58. The first-order chi connectivity index (χ1) is 7.77. The zero-order valence-electron chi connectivity index (χ0n) is 9.09. The lowest BCUT2D eigenvalue weighted by atomic mass is 10.1. The van der Waals surface area contributed by atoms with Gasteiger partial charge in [0, 0.05) is 11.9 Å². The summed E-state index contributed by atoms with van der Waals surface area (Å²) in [6, 6.07) is 9.76. The van der Waals surface area contributed by atoms with Crippen LogP contribution in [0.3, 0.4) is 0 Å². The number of para-hydroxylation sites is 1. The van der Waals surface area contributed by atoms with Crippen molar-refractivity contribution in [2.75, 3.05) is 11.1 Å². The van der Waals surface area contributed by atoms with Gasteiger partial charge in [0.05, 0.1) is 6.04 Å². The third-order valence-electron chi connectivity index (χ3n) is 2.41. The quantitative estimate of drug-likeness (QED) is 0.769. The molecule has 1 atom stereocenters. The maximum Gasteiger partial charge on any atom is 0.129 e. The molecule has 4 nitrogen and oxygen atoms in total. The number of hydrogen-bond acceptors (Lipinski definition) is 4. The van der Waals surface area contributed by atoms with E-state index in [1.54, 1.807) is 6.20 Å². The highest BCUT2D eigenvalue weighted by Gasteiger charge is 2.08. The second-order valence-electron chi connectivity index (χ2n) is 3.59. The van der Waals surface area contributed by atoms with E-state index in [-0.39, 0.29) is 6.04 Å². The van der Waals surface area contributed by atoms with E-state index < -0.39 is 0 Å². The van der Waals surface area contributed by atoms with Crippen molar-refractivity contribution < 1.29 is 0 Å². The molecule has 0 aliphatic carbocycles. The monoisotopic (exact) mass is 214 g/mol. The molecule has 0 aliphatic heterocycles. The van der Waals surface area contributed by atoms with E-state index >= 15 is 0 Å². The minimum Gasteiger partial charge on any atom is -0.398 e. The number of nitrogens with one attached hydrogen (secondary N) is 1. The molecule has 0 amide bonds. The van der Waals surface area contributed by atoms with E-state index in [1.807, 2.05) is 37.3 Å². The highest BCUT2D eigenvalue weighted by Crippen LogP contribution is 2.22. The van der Waals surface area contributed by atoms with Crippen LogP contribution in [0.15, 0.2) is 42.9 Å². The molecular formula is C12H14N4. The van der Waals surface area contributed by atoms with E-state index in [0.29, 0.717) is 0 Å². The summed E-state index contributed by atoms with van der Waals surface area (Å²) in [5, 5.41) is 3.27. The Morgan fingerprint density at radius 2 is 2.06 bits per heavy atom. The van der Waals surface area contributed by atoms with Gasteiger partial charge in [-0.25, -0.2) is 9.97 Å². The van der Waals surface area contributed by atoms with Crippen LogP contribution in [0.25, 0.3) is 0 Å². The summed E-state index contributed by atoms with van der Waals surface area (Å²) in [5.41, 5.74) is 7.76. The Balaban J connectivity index is 2.15. The Bertz CT molecular complexity index is 456. The van der Waals surface area contributed by atoms with Crippen LogP contribution in [-0.4, -0.2) is 9.97 Å². The number of rotatable bonds is 3. The summed E-state index contributed by atoms with van der Waals surface area (Å²) < 4.78 is 0. The third kappa shape index (κ3) is 2.28. The summed E-state index contributed by atoms with van der Waals surface area (Å²) in [6.07, 6.45) is 3.22. The third-order valence-corrected chi connectivity index (χ3v) is 2.41. The summed E-state index contributed by atoms with van der Waals surface area (Å²) in [4.78, 5) is 7.98. The van der Waals surface area contributed by atoms with Crippen molar-refractivity contribution in [2.45, 2.75) is 13.0 Å². The van der Waals surface area contributed by atoms with Crippen molar-refractivity contribution in [3.8, 4) is 0 Å². The SMILES string of the molecule is CC(Nc1ccncn1)c1ccccc1N. The first kappa shape index (κ1) is 10.4. The van der Waals surface area contributed by atoms with Crippen LogP contribution in [0.5, 0.6) is 0 Å². The molecular weight excluding hydrogens is 200 g/mol. The van der Waals surface area contributed by atoms with Gasteiger partial charge in [-0.2, -0.15) is 0 Å². The molecule has 1 aromatic heterocycles. The van der Waals surface area contributed by atoms with Gasteiger partial charge in [0.15, 0.2) is 0 Å². The Morgan fingerprint density at radius 1 is 1.25 bits per heavy atom. The highest BCUT2D eigenvalue weighted by molar-refractivity contribution is 5.50. The molecule has 0 saturated heterocycles. The van der Waals surface area contributed by atoms with E-state index in [0.717, 1.165) is 17.1 Å². The molecule has 1 aromatic carbocycles. The molecule has 1 heterocycles. The largest absolute Gasteiger partial charge is 0.398 e. The predicted molar refractivity (Wildman–Crippen MR) is 64.9 cm³/mol. The predicted octanol–water partition coefficient (Wildman–Crippen LogP) is 2.23. The van der Waals surface area contributed by atoms with Gasteiger partial charge in [0.2, 0.25) is 0 Å². The number of nitrogen functional groups attached to an aromatic ring is 1. The second kappa shape index (κ2) is 4.61. The Labute approximate surface area is 94.5 Å². The van der Waals surface area contributed by atoms with E-state index in [9.17, 15) is 0 Å². The van der Waals surface area contributed by atoms with Crippen LogP contribution < -0.4 is 11.1 Å². The van der Waals surface area contributed by atoms with Crippen LogP contribution in [0.4, 0.5) is 11.5 Å². The zero-order valence-corrected chi connectivity index (χ0v) is 9.09. The average molecular weight is 214 g/mol. The molecule has 0 radical (unpaired) electrons. The van der Waals surface area contributed by atoms with E-state index in [2.05, 4.69) is 15.3 Å². The molecule has 2 aromatic rings.